The summed E-state index contributed by atoms with van der Waals surface area (Å²) in [7, 11) is 0. The molecule has 1 N–H and O–H groups in total. The zero-order valence-electron chi connectivity index (χ0n) is 12.5. The number of amides is 2. The number of aryl methyl sites for hydroxylation is 1. The van der Waals surface area contributed by atoms with E-state index in [0.717, 1.165) is 12.8 Å². The Labute approximate surface area is 125 Å². The van der Waals surface area contributed by atoms with Gasteiger partial charge in [0.05, 0.1) is 5.92 Å². The second-order valence-corrected chi connectivity index (χ2v) is 6.22. The summed E-state index contributed by atoms with van der Waals surface area (Å²) in [5, 5.41) is 2.81. The second-order valence-electron chi connectivity index (χ2n) is 6.22. The summed E-state index contributed by atoms with van der Waals surface area (Å²) in [5.74, 6) is 0.224. The van der Waals surface area contributed by atoms with Crippen LogP contribution in [0, 0.1) is 12.8 Å². The van der Waals surface area contributed by atoms with Gasteiger partial charge in [-0.3, -0.25) is 9.59 Å². The van der Waals surface area contributed by atoms with Crippen LogP contribution >= 0.6 is 0 Å². The zero-order chi connectivity index (χ0) is 14.8. The summed E-state index contributed by atoms with van der Waals surface area (Å²) in [5.41, 5.74) is 2.42. The Kier molecular flexibility index (Phi) is 3.95. The van der Waals surface area contributed by atoms with Crippen molar-refractivity contribution in [2.75, 3.05) is 6.54 Å². The molecule has 21 heavy (non-hydrogen) atoms. The number of rotatable bonds is 4. The number of piperidine rings is 1. The van der Waals surface area contributed by atoms with Gasteiger partial charge in [-0.05, 0) is 31.7 Å². The van der Waals surface area contributed by atoms with Gasteiger partial charge >= 0.3 is 0 Å². The molecular weight excluding hydrogens is 264 g/mol. The molecule has 0 bridgehead atoms. The fourth-order valence-electron chi connectivity index (χ4n) is 2.84. The molecule has 2 amide bonds. The lowest BCUT2D eigenvalue weighted by Gasteiger charge is -2.29. The largest absolute Gasteiger partial charge is 0.355 e. The molecule has 1 atom stereocenters. The first-order valence-electron chi connectivity index (χ1n) is 7.76. The molecule has 0 spiro atoms. The van der Waals surface area contributed by atoms with E-state index in [4.69, 9.17) is 0 Å². The van der Waals surface area contributed by atoms with Gasteiger partial charge in [-0.25, -0.2) is 0 Å². The van der Waals surface area contributed by atoms with Gasteiger partial charge in [-0.2, -0.15) is 0 Å². The number of carbonyl (C=O) groups is 2. The molecule has 1 unspecified atom stereocenters. The Bertz CT molecular complexity index is 524. The Morgan fingerprint density at radius 3 is 2.52 bits per heavy atom. The Balaban J connectivity index is 1.67. The van der Waals surface area contributed by atoms with Crippen molar-refractivity contribution in [3.05, 3.63) is 35.4 Å². The van der Waals surface area contributed by atoms with E-state index in [9.17, 15) is 9.59 Å². The lowest BCUT2D eigenvalue weighted by molar-refractivity contribution is -0.138. The van der Waals surface area contributed by atoms with Crippen LogP contribution in [-0.4, -0.2) is 29.3 Å². The summed E-state index contributed by atoms with van der Waals surface area (Å²) < 4.78 is 0. The minimum Gasteiger partial charge on any atom is -0.355 e. The predicted octanol–water partition coefficient (Wildman–Crippen LogP) is 2.01. The van der Waals surface area contributed by atoms with E-state index in [2.05, 4.69) is 36.5 Å². The molecule has 1 saturated carbocycles. The Hall–Kier alpha value is -1.84. The van der Waals surface area contributed by atoms with Crippen LogP contribution in [0.25, 0.3) is 0 Å². The van der Waals surface area contributed by atoms with Crippen LogP contribution in [0.3, 0.4) is 0 Å². The maximum Gasteiger partial charge on any atom is 0.228 e. The first kappa shape index (κ1) is 14.1. The molecular formula is C17H22N2O2. The minimum absolute atomic E-state index is 0.0475. The highest BCUT2D eigenvalue weighted by molar-refractivity contribution is 5.84. The van der Waals surface area contributed by atoms with E-state index in [0.29, 0.717) is 32.0 Å². The van der Waals surface area contributed by atoms with Crippen molar-refractivity contribution in [3.63, 3.8) is 0 Å². The molecule has 3 rings (SSSR count). The van der Waals surface area contributed by atoms with Crippen LogP contribution in [0.4, 0.5) is 0 Å². The molecule has 1 aliphatic carbocycles. The summed E-state index contributed by atoms with van der Waals surface area (Å²) in [6, 6.07) is 8.77. The molecule has 4 nitrogen and oxygen atoms in total. The molecule has 1 heterocycles. The van der Waals surface area contributed by atoms with E-state index in [1.54, 1.807) is 0 Å². The maximum absolute atomic E-state index is 12.7. The predicted molar refractivity (Wildman–Crippen MR) is 80.5 cm³/mol. The highest BCUT2D eigenvalue weighted by atomic mass is 16.2. The third-order valence-electron chi connectivity index (χ3n) is 4.36. The van der Waals surface area contributed by atoms with E-state index < -0.39 is 0 Å². The van der Waals surface area contributed by atoms with Crippen molar-refractivity contribution >= 4 is 11.8 Å². The average molecular weight is 286 g/mol. The van der Waals surface area contributed by atoms with E-state index in [1.165, 1.54) is 11.1 Å². The Morgan fingerprint density at radius 1 is 1.24 bits per heavy atom. The second kappa shape index (κ2) is 5.88. The highest BCUT2D eigenvalue weighted by Crippen LogP contribution is 2.30. The van der Waals surface area contributed by atoms with Crippen molar-refractivity contribution in [1.29, 1.82) is 0 Å². The lowest BCUT2D eigenvalue weighted by atomic mass is 9.97. The molecule has 2 aliphatic rings. The average Bonchev–Trinajstić information content (AvgIpc) is 3.31. The van der Waals surface area contributed by atoms with Gasteiger partial charge in [-0.1, -0.05) is 29.8 Å². The maximum atomic E-state index is 12.7. The molecule has 112 valence electrons. The zero-order valence-corrected chi connectivity index (χ0v) is 12.5. The van der Waals surface area contributed by atoms with Crippen molar-refractivity contribution in [2.24, 2.45) is 5.92 Å². The van der Waals surface area contributed by atoms with Crippen molar-refractivity contribution in [3.8, 4) is 0 Å². The molecule has 0 aromatic heterocycles. The van der Waals surface area contributed by atoms with Crippen molar-refractivity contribution in [2.45, 2.75) is 45.2 Å². The summed E-state index contributed by atoms with van der Waals surface area (Å²) in [6.07, 6.45) is 3.37. The first-order valence-corrected chi connectivity index (χ1v) is 7.76. The summed E-state index contributed by atoms with van der Waals surface area (Å²) in [4.78, 5) is 26.0. The lowest BCUT2D eigenvalue weighted by Crippen LogP contribution is -2.45. The number of nitrogens with zero attached hydrogens (tertiary/aromatic N) is 1. The molecule has 1 aliphatic heterocycles. The molecule has 1 aromatic rings. The van der Waals surface area contributed by atoms with Gasteiger partial charge < -0.3 is 10.2 Å². The Morgan fingerprint density at radius 2 is 1.95 bits per heavy atom. The van der Waals surface area contributed by atoms with Crippen LogP contribution in [0.1, 0.15) is 36.8 Å². The number of hydrogen-bond acceptors (Lipinski definition) is 2. The summed E-state index contributed by atoms with van der Waals surface area (Å²) in [6.45, 7) is 3.25. The van der Waals surface area contributed by atoms with Crippen molar-refractivity contribution < 1.29 is 9.59 Å². The van der Waals surface area contributed by atoms with E-state index >= 15 is 0 Å². The molecule has 1 saturated heterocycles. The smallest absolute Gasteiger partial charge is 0.228 e. The third kappa shape index (κ3) is 3.43. The van der Waals surface area contributed by atoms with E-state index in [-0.39, 0.29) is 17.7 Å². The van der Waals surface area contributed by atoms with Gasteiger partial charge in [-0.15, -0.1) is 0 Å². The highest BCUT2D eigenvalue weighted by Gasteiger charge is 2.36. The van der Waals surface area contributed by atoms with Crippen LogP contribution in [0.15, 0.2) is 24.3 Å². The number of carbonyl (C=O) groups excluding carboxylic acids is 2. The van der Waals surface area contributed by atoms with E-state index in [1.807, 2.05) is 4.90 Å². The normalized spacial score (nSPS) is 21.8. The fraction of sp³-hybridized carbons (Fsp3) is 0.529. The number of nitrogens with one attached hydrogen (secondary N) is 1. The monoisotopic (exact) mass is 286 g/mol. The fourth-order valence-corrected chi connectivity index (χ4v) is 2.84. The third-order valence-corrected chi connectivity index (χ3v) is 4.36. The van der Waals surface area contributed by atoms with Gasteiger partial charge in [0.15, 0.2) is 0 Å². The molecule has 4 heteroatoms. The number of hydrogen-bond donors (Lipinski definition) is 1. The van der Waals surface area contributed by atoms with Crippen LogP contribution in [-0.2, 0) is 16.1 Å². The molecule has 1 aromatic carbocycles. The van der Waals surface area contributed by atoms with Crippen LogP contribution < -0.4 is 5.32 Å². The molecule has 0 radical (unpaired) electrons. The molecule has 2 fully saturated rings. The van der Waals surface area contributed by atoms with Gasteiger partial charge in [0, 0.05) is 25.6 Å². The quantitative estimate of drug-likeness (QED) is 0.920. The first-order chi connectivity index (χ1) is 10.1. The van der Waals surface area contributed by atoms with Gasteiger partial charge in [0.2, 0.25) is 11.8 Å². The van der Waals surface area contributed by atoms with Crippen LogP contribution in [0.2, 0.25) is 0 Å². The standard InChI is InChI=1S/C17H22N2O2/c1-12-2-4-13(5-3-12)11-19(15-7-8-15)17(21)14-6-9-16(20)18-10-14/h2-5,14-15H,6-11H2,1H3,(H,18,20). The SMILES string of the molecule is Cc1ccc(CN(C(=O)C2CCC(=O)NC2)C2CC2)cc1. The van der Waals surface area contributed by atoms with Gasteiger partial charge in [0.1, 0.15) is 0 Å². The van der Waals surface area contributed by atoms with Crippen LogP contribution in [0.5, 0.6) is 0 Å². The minimum atomic E-state index is -0.0475. The summed E-state index contributed by atoms with van der Waals surface area (Å²) >= 11 is 0. The topological polar surface area (TPSA) is 49.4 Å². The number of benzene rings is 1. The van der Waals surface area contributed by atoms with Crippen molar-refractivity contribution in [1.82, 2.24) is 10.2 Å². The van der Waals surface area contributed by atoms with Gasteiger partial charge in [0.25, 0.3) is 0 Å².